The molecule has 0 N–H and O–H groups in total. The van der Waals surface area contributed by atoms with Crippen molar-refractivity contribution in [2.75, 3.05) is 0 Å². The first kappa shape index (κ1) is 18.4. The van der Waals surface area contributed by atoms with E-state index in [-0.39, 0.29) is 17.3 Å². The highest BCUT2D eigenvalue weighted by Crippen LogP contribution is 2.58. The van der Waals surface area contributed by atoms with Crippen LogP contribution in [0.4, 0.5) is 0 Å². The molecular formula is C27H28O2. The molecule has 2 aromatic carbocycles. The molecular weight excluding hydrogens is 356 g/mol. The number of esters is 1. The second-order valence-corrected chi connectivity index (χ2v) is 8.74. The monoisotopic (exact) mass is 384 g/mol. The minimum absolute atomic E-state index is 0.00728. The smallest absolute Gasteiger partial charge is 0.318 e. The minimum Gasteiger partial charge on any atom is -0.426 e. The molecule has 1 aliphatic heterocycles. The summed E-state index contributed by atoms with van der Waals surface area (Å²) in [5.74, 6) is 1.02. The predicted octanol–water partition coefficient (Wildman–Crippen LogP) is 6.80. The first-order valence-corrected chi connectivity index (χ1v) is 11.0. The largest absolute Gasteiger partial charge is 0.426 e. The lowest BCUT2D eigenvalue weighted by atomic mass is 9.63. The standard InChI is InChI=1S/C27H28O2/c28-26-27(17-9-1-2-10-18-27)24(21-13-7-4-8-14-21)23-16-15-22(25(23)29-26)19-20-11-5-3-6-12-20/h3-8,11-14,19,24H,1-2,9-10,15-18H2. The molecule has 1 saturated carbocycles. The molecule has 1 unspecified atom stereocenters. The normalized spacial score (nSPS) is 25.0. The summed E-state index contributed by atoms with van der Waals surface area (Å²) in [7, 11) is 0. The number of carbonyl (C=O) groups is 1. The van der Waals surface area contributed by atoms with Gasteiger partial charge >= 0.3 is 5.97 Å². The van der Waals surface area contributed by atoms with E-state index >= 15 is 0 Å². The third-order valence-corrected chi connectivity index (χ3v) is 7.02. The number of allylic oxidation sites excluding steroid dienone is 2. The number of hydrogen-bond donors (Lipinski definition) is 0. The van der Waals surface area contributed by atoms with Crippen molar-refractivity contribution in [2.24, 2.45) is 5.41 Å². The highest BCUT2D eigenvalue weighted by Gasteiger charge is 2.54. The summed E-state index contributed by atoms with van der Waals surface area (Å²) in [5.41, 5.74) is 4.57. The Morgan fingerprint density at radius 2 is 1.48 bits per heavy atom. The Labute approximate surface area is 173 Å². The van der Waals surface area contributed by atoms with Crippen LogP contribution < -0.4 is 0 Å². The molecule has 3 aliphatic rings. The Morgan fingerprint density at radius 3 is 2.17 bits per heavy atom. The lowest BCUT2D eigenvalue weighted by Crippen LogP contribution is -2.42. The molecule has 2 aliphatic carbocycles. The maximum Gasteiger partial charge on any atom is 0.318 e. The van der Waals surface area contributed by atoms with Gasteiger partial charge in [-0.2, -0.15) is 0 Å². The van der Waals surface area contributed by atoms with Gasteiger partial charge in [0.15, 0.2) is 0 Å². The van der Waals surface area contributed by atoms with Gasteiger partial charge in [-0.3, -0.25) is 4.79 Å². The van der Waals surface area contributed by atoms with E-state index in [1.807, 2.05) is 6.07 Å². The van der Waals surface area contributed by atoms with Crippen molar-refractivity contribution in [3.63, 3.8) is 0 Å². The van der Waals surface area contributed by atoms with Gasteiger partial charge in [-0.25, -0.2) is 0 Å². The van der Waals surface area contributed by atoms with Gasteiger partial charge in [-0.05, 0) is 54.0 Å². The van der Waals surface area contributed by atoms with E-state index in [0.29, 0.717) is 0 Å². The van der Waals surface area contributed by atoms with Crippen LogP contribution in [-0.2, 0) is 9.53 Å². The third-order valence-electron chi connectivity index (χ3n) is 7.02. The van der Waals surface area contributed by atoms with Crippen molar-refractivity contribution in [1.29, 1.82) is 0 Å². The summed E-state index contributed by atoms with van der Waals surface area (Å²) in [4.78, 5) is 13.6. The fourth-order valence-electron chi connectivity index (χ4n) is 5.66. The van der Waals surface area contributed by atoms with Crippen LogP contribution in [0.15, 0.2) is 77.6 Å². The molecule has 0 radical (unpaired) electrons. The van der Waals surface area contributed by atoms with Crippen molar-refractivity contribution in [2.45, 2.75) is 57.3 Å². The van der Waals surface area contributed by atoms with E-state index < -0.39 is 0 Å². The maximum atomic E-state index is 13.6. The average Bonchev–Trinajstić information content (AvgIpc) is 2.98. The van der Waals surface area contributed by atoms with E-state index in [1.165, 1.54) is 35.1 Å². The molecule has 2 aromatic rings. The highest BCUT2D eigenvalue weighted by molar-refractivity contribution is 5.84. The van der Waals surface area contributed by atoms with Crippen LogP contribution in [0.5, 0.6) is 0 Å². The number of hydrogen-bond acceptors (Lipinski definition) is 2. The SMILES string of the molecule is O=C1OC2=C(CCC2=Cc2ccccc2)C(c2ccccc2)C12CCCCCC2. The van der Waals surface area contributed by atoms with Crippen molar-refractivity contribution < 1.29 is 9.53 Å². The summed E-state index contributed by atoms with van der Waals surface area (Å²) in [5, 5.41) is 0. The Hall–Kier alpha value is -2.61. The first-order chi connectivity index (χ1) is 14.3. The Bertz CT molecular complexity index is 945. The molecule has 29 heavy (non-hydrogen) atoms. The minimum atomic E-state index is -0.390. The van der Waals surface area contributed by atoms with Gasteiger partial charge in [0, 0.05) is 5.92 Å². The number of ether oxygens (including phenoxy) is 1. The molecule has 0 bridgehead atoms. The van der Waals surface area contributed by atoms with Crippen molar-refractivity contribution in [3.05, 3.63) is 88.7 Å². The van der Waals surface area contributed by atoms with Crippen molar-refractivity contribution >= 4 is 12.0 Å². The van der Waals surface area contributed by atoms with E-state index in [0.717, 1.165) is 44.3 Å². The van der Waals surface area contributed by atoms with Gasteiger partial charge in [0.25, 0.3) is 0 Å². The van der Waals surface area contributed by atoms with Crippen LogP contribution in [0.1, 0.15) is 68.4 Å². The zero-order valence-electron chi connectivity index (χ0n) is 16.9. The van der Waals surface area contributed by atoms with Crippen LogP contribution in [0.3, 0.4) is 0 Å². The molecule has 0 amide bonds. The molecule has 0 aromatic heterocycles. The number of rotatable bonds is 2. The summed E-state index contributed by atoms with van der Waals surface area (Å²) in [6, 6.07) is 21.0. The van der Waals surface area contributed by atoms with Gasteiger partial charge in [0.2, 0.25) is 0 Å². The predicted molar refractivity (Wildman–Crippen MR) is 116 cm³/mol. The average molecular weight is 385 g/mol. The van der Waals surface area contributed by atoms with E-state index in [2.05, 4.69) is 60.7 Å². The quantitative estimate of drug-likeness (QED) is 0.532. The van der Waals surface area contributed by atoms with Crippen molar-refractivity contribution in [1.82, 2.24) is 0 Å². The molecule has 1 fully saturated rings. The molecule has 1 heterocycles. The molecule has 0 saturated heterocycles. The molecule has 5 rings (SSSR count). The van der Waals surface area contributed by atoms with Gasteiger partial charge in [-0.15, -0.1) is 0 Å². The van der Waals surface area contributed by atoms with E-state index in [4.69, 9.17) is 4.74 Å². The zero-order chi connectivity index (χ0) is 19.7. The maximum absolute atomic E-state index is 13.6. The van der Waals surface area contributed by atoms with Gasteiger partial charge in [-0.1, -0.05) is 86.3 Å². The van der Waals surface area contributed by atoms with Gasteiger partial charge in [0.05, 0.1) is 5.41 Å². The Balaban J connectivity index is 1.63. The molecule has 2 nitrogen and oxygen atoms in total. The van der Waals surface area contributed by atoms with E-state index in [9.17, 15) is 4.79 Å². The van der Waals surface area contributed by atoms with Crippen molar-refractivity contribution in [3.8, 4) is 0 Å². The summed E-state index contributed by atoms with van der Waals surface area (Å²) in [6.45, 7) is 0. The summed E-state index contributed by atoms with van der Waals surface area (Å²) >= 11 is 0. The van der Waals surface area contributed by atoms with Crippen LogP contribution >= 0.6 is 0 Å². The van der Waals surface area contributed by atoms with Crippen LogP contribution in [0.25, 0.3) is 6.08 Å². The topological polar surface area (TPSA) is 26.3 Å². The zero-order valence-corrected chi connectivity index (χ0v) is 16.9. The van der Waals surface area contributed by atoms with Crippen LogP contribution in [0.2, 0.25) is 0 Å². The van der Waals surface area contributed by atoms with E-state index in [1.54, 1.807) is 0 Å². The van der Waals surface area contributed by atoms with Crippen LogP contribution in [-0.4, -0.2) is 5.97 Å². The molecule has 1 spiro atoms. The summed E-state index contributed by atoms with van der Waals surface area (Å²) in [6.07, 6.45) is 10.7. The number of carbonyl (C=O) groups excluding carboxylic acids is 1. The molecule has 2 heteroatoms. The Kier molecular flexibility index (Phi) is 4.87. The summed E-state index contributed by atoms with van der Waals surface area (Å²) < 4.78 is 6.17. The van der Waals surface area contributed by atoms with Crippen LogP contribution in [0, 0.1) is 5.41 Å². The fourth-order valence-corrected chi connectivity index (χ4v) is 5.66. The lowest BCUT2D eigenvalue weighted by Gasteiger charge is -2.42. The fraction of sp³-hybridized carbons (Fsp3) is 0.370. The second kappa shape index (κ2) is 7.67. The molecule has 1 atom stereocenters. The van der Waals surface area contributed by atoms with Gasteiger partial charge < -0.3 is 4.74 Å². The first-order valence-electron chi connectivity index (χ1n) is 11.0. The highest BCUT2D eigenvalue weighted by atomic mass is 16.5. The third kappa shape index (κ3) is 3.25. The molecule has 148 valence electrons. The lowest BCUT2D eigenvalue weighted by molar-refractivity contribution is -0.155. The second-order valence-electron chi connectivity index (χ2n) is 8.74. The van der Waals surface area contributed by atoms with Gasteiger partial charge in [0.1, 0.15) is 5.76 Å². The Morgan fingerprint density at radius 1 is 0.828 bits per heavy atom. The number of benzene rings is 2.